The molecule has 2 aromatic rings. The van der Waals surface area contributed by atoms with E-state index in [9.17, 15) is 13.9 Å². The predicted octanol–water partition coefficient (Wildman–Crippen LogP) is 4.67. The monoisotopic (exact) mass is 563 g/mol. The molecule has 5 aliphatic rings. The molecule has 12 heteroatoms. The Hall–Kier alpha value is -2.50. The van der Waals surface area contributed by atoms with Crippen molar-refractivity contribution in [3.8, 4) is 5.75 Å². The number of ether oxygens (including phenoxy) is 1. The van der Waals surface area contributed by atoms with Gasteiger partial charge in [-0.05, 0) is 87.0 Å². The third kappa shape index (κ3) is 6.15. The van der Waals surface area contributed by atoms with E-state index in [0.717, 1.165) is 43.9 Å². The van der Waals surface area contributed by atoms with Crippen LogP contribution in [0.2, 0.25) is 0 Å². The van der Waals surface area contributed by atoms with Gasteiger partial charge >= 0.3 is 5.57 Å². The Morgan fingerprint density at radius 3 is 2.15 bits per heavy atom. The topological polar surface area (TPSA) is 98.7 Å². The highest BCUT2D eigenvalue weighted by Gasteiger charge is 2.53. The van der Waals surface area contributed by atoms with E-state index in [2.05, 4.69) is 35.1 Å². The summed E-state index contributed by atoms with van der Waals surface area (Å²) in [5.41, 5.74) is -2.77. The molecule has 1 saturated heterocycles. The van der Waals surface area contributed by atoms with Gasteiger partial charge in [0.15, 0.2) is 0 Å². The molecule has 1 aromatic heterocycles. The lowest BCUT2D eigenvalue weighted by Crippen LogP contribution is -2.64. The van der Waals surface area contributed by atoms with Crippen LogP contribution in [0.3, 0.4) is 0 Å². The van der Waals surface area contributed by atoms with E-state index in [0.29, 0.717) is 42.0 Å². The number of nitrogens with zero attached hydrogens (tertiary/aromatic N) is 5. The Bertz CT molecular complexity index is 1110. The number of anilines is 4. The number of hydrogen-bond acceptors (Lipinski definition) is 9. The first kappa shape index (κ1) is 26.7. The second kappa shape index (κ2) is 10.8. The molecule has 0 unspecified atom stereocenters. The molecule has 3 N–H and O–H groups in total. The zero-order valence-electron chi connectivity index (χ0n) is 22.0. The highest BCUT2D eigenvalue weighted by molar-refractivity contribution is 6.20. The molecule has 1 aliphatic heterocycles. The van der Waals surface area contributed by atoms with Crippen molar-refractivity contribution in [3.63, 3.8) is 0 Å². The quantitative estimate of drug-likeness (QED) is 0.281. The molecule has 0 radical (unpaired) electrons. The van der Waals surface area contributed by atoms with Gasteiger partial charge in [-0.25, -0.2) is 0 Å². The third-order valence-electron chi connectivity index (χ3n) is 8.82. The zero-order chi connectivity index (χ0) is 27.0. The van der Waals surface area contributed by atoms with Crippen LogP contribution in [-0.2, 0) is 0 Å². The lowest BCUT2D eigenvalue weighted by atomic mass is 9.52. The van der Waals surface area contributed by atoms with E-state index in [-0.39, 0.29) is 12.4 Å². The van der Waals surface area contributed by atoms with Crippen LogP contribution in [0.4, 0.5) is 32.3 Å². The summed E-state index contributed by atoms with van der Waals surface area (Å²) in [5, 5.41) is 15.5. The largest absolute Gasteiger partial charge is 0.487 e. The van der Waals surface area contributed by atoms with Gasteiger partial charge in [-0.3, -0.25) is 4.90 Å². The third-order valence-corrected chi connectivity index (χ3v) is 8.90. The van der Waals surface area contributed by atoms with Crippen molar-refractivity contribution in [2.24, 2.45) is 17.8 Å². The minimum Gasteiger partial charge on any atom is -0.420 e. The lowest BCUT2D eigenvalue weighted by molar-refractivity contribution is -0.0964. The summed E-state index contributed by atoms with van der Waals surface area (Å²) >= 11 is 4.86. The lowest BCUT2D eigenvalue weighted by Gasteiger charge is -2.61. The summed E-state index contributed by atoms with van der Waals surface area (Å²) in [4.78, 5) is 18.8. The fourth-order valence-electron chi connectivity index (χ4n) is 7.62. The molecule has 5 fully saturated rings. The van der Waals surface area contributed by atoms with Crippen molar-refractivity contribution >= 4 is 35.1 Å². The predicted molar refractivity (Wildman–Crippen MR) is 146 cm³/mol. The minimum atomic E-state index is -3.77. The maximum absolute atomic E-state index is 12.9. The number of piperazine rings is 1. The van der Waals surface area contributed by atoms with Crippen LogP contribution in [0.25, 0.3) is 0 Å². The van der Waals surface area contributed by atoms with Crippen LogP contribution < -0.4 is 20.3 Å². The van der Waals surface area contributed by atoms with Gasteiger partial charge in [0.05, 0.1) is 0 Å². The van der Waals surface area contributed by atoms with Crippen molar-refractivity contribution in [2.45, 2.75) is 56.1 Å². The van der Waals surface area contributed by atoms with Gasteiger partial charge in [-0.1, -0.05) is 0 Å². The summed E-state index contributed by atoms with van der Waals surface area (Å²) in [6, 6.07) is 5.96. The fraction of sp³-hybridized carbons (Fsp3) is 0.667. The Morgan fingerprint density at radius 2 is 1.56 bits per heavy atom. The van der Waals surface area contributed by atoms with Crippen LogP contribution in [0, 0.1) is 17.8 Å². The summed E-state index contributed by atoms with van der Waals surface area (Å²) in [6.45, 7) is 4.29. The van der Waals surface area contributed by atoms with Crippen molar-refractivity contribution in [1.82, 2.24) is 19.9 Å². The van der Waals surface area contributed by atoms with E-state index in [4.69, 9.17) is 16.6 Å². The SMILES string of the molecule is OCCCNc1nc(Nc2ccc(OC(F)(F)Cl)cc2)nc(N2CCN(C34CC5CC(CC(C5)C3)C4)CC2)n1. The Labute approximate surface area is 232 Å². The van der Waals surface area contributed by atoms with E-state index < -0.39 is 5.57 Å². The molecule has 39 heavy (non-hydrogen) atoms. The molecule has 4 aliphatic carbocycles. The van der Waals surface area contributed by atoms with Crippen molar-refractivity contribution in [2.75, 3.05) is 54.9 Å². The molecule has 0 atom stereocenters. The summed E-state index contributed by atoms with van der Waals surface area (Å²) in [7, 11) is 0. The molecular weight excluding hydrogens is 528 g/mol. The molecule has 4 bridgehead atoms. The second-order valence-electron chi connectivity index (χ2n) is 11.6. The number of aliphatic hydroxyl groups is 1. The van der Waals surface area contributed by atoms with Gasteiger partial charge in [0.2, 0.25) is 17.8 Å². The molecule has 9 nitrogen and oxygen atoms in total. The Morgan fingerprint density at radius 1 is 0.949 bits per heavy atom. The van der Waals surface area contributed by atoms with Gasteiger partial charge in [-0.2, -0.15) is 15.0 Å². The summed E-state index contributed by atoms with van der Waals surface area (Å²) in [6.07, 6.45) is 9.00. The second-order valence-corrected chi connectivity index (χ2v) is 12.0. The molecule has 4 saturated carbocycles. The van der Waals surface area contributed by atoms with Gasteiger partial charge in [0.25, 0.3) is 0 Å². The number of alkyl halides is 3. The van der Waals surface area contributed by atoms with E-state index in [1.54, 1.807) is 12.1 Å². The van der Waals surface area contributed by atoms with Gasteiger partial charge < -0.3 is 25.4 Å². The maximum Gasteiger partial charge on any atom is 0.487 e. The van der Waals surface area contributed by atoms with Crippen molar-refractivity contribution in [3.05, 3.63) is 24.3 Å². The number of aromatic nitrogens is 3. The maximum atomic E-state index is 12.9. The van der Waals surface area contributed by atoms with Crippen LogP contribution >= 0.6 is 11.6 Å². The number of rotatable bonds is 10. The molecule has 2 heterocycles. The van der Waals surface area contributed by atoms with Gasteiger partial charge in [0, 0.05) is 62.2 Å². The Kier molecular flexibility index (Phi) is 7.41. The van der Waals surface area contributed by atoms with E-state index >= 15 is 0 Å². The first-order valence-electron chi connectivity index (χ1n) is 14.0. The number of nitrogens with one attached hydrogen (secondary N) is 2. The smallest absolute Gasteiger partial charge is 0.420 e. The highest BCUT2D eigenvalue weighted by Crippen LogP contribution is 2.57. The van der Waals surface area contributed by atoms with Crippen LogP contribution in [0.5, 0.6) is 5.75 Å². The Balaban J connectivity index is 1.15. The average Bonchev–Trinajstić information content (AvgIpc) is 2.88. The number of benzene rings is 1. The summed E-state index contributed by atoms with van der Waals surface area (Å²) in [5.74, 6) is 4.06. The average molecular weight is 564 g/mol. The van der Waals surface area contributed by atoms with Gasteiger partial charge in [-0.15, -0.1) is 8.78 Å². The standard InChI is InChI=1S/C27H36ClF2N7O2/c28-27(29,30)39-22-4-2-21(3-5-22)32-24-33-23(31-6-1-11-38)34-25(35-24)36-7-9-37(10-8-36)26-15-18-12-19(16-26)14-20(13-18)17-26/h2-5,18-20,38H,1,6-17H2,(H2,31,32,33,34,35). The van der Waals surface area contributed by atoms with E-state index in [1.165, 1.54) is 50.7 Å². The molecule has 1 aromatic carbocycles. The number of halogens is 3. The molecule has 0 amide bonds. The van der Waals surface area contributed by atoms with Crippen LogP contribution in [0.15, 0.2) is 24.3 Å². The van der Waals surface area contributed by atoms with Crippen molar-refractivity contribution < 1.29 is 18.6 Å². The first-order chi connectivity index (χ1) is 18.8. The highest BCUT2D eigenvalue weighted by atomic mass is 35.5. The normalized spacial score (nSPS) is 28.5. The molecular formula is C27H36ClF2N7O2. The zero-order valence-corrected chi connectivity index (χ0v) is 22.7. The number of aliphatic hydroxyl groups excluding tert-OH is 1. The van der Waals surface area contributed by atoms with Crippen LogP contribution in [0.1, 0.15) is 44.9 Å². The molecule has 212 valence electrons. The molecule has 0 spiro atoms. The minimum absolute atomic E-state index is 0.0554. The van der Waals surface area contributed by atoms with E-state index in [1.807, 2.05) is 0 Å². The van der Waals surface area contributed by atoms with Gasteiger partial charge in [0.1, 0.15) is 5.75 Å². The first-order valence-corrected chi connectivity index (χ1v) is 14.4. The van der Waals surface area contributed by atoms with Crippen LogP contribution in [-0.4, -0.2) is 75.4 Å². The molecule has 7 rings (SSSR count). The summed E-state index contributed by atoms with van der Waals surface area (Å²) < 4.78 is 30.2. The fourth-order valence-corrected chi connectivity index (χ4v) is 7.71. The number of hydrogen-bond donors (Lipinski definition) is 3. The van der Waals surface area contributed by atoms with Crippen molar-refractivity contribution in [1.29, 1.82) is 0 Å².